The van der Waals surface area contributed by atoms with Crippen LogP contribution in [0, 0.1) is 6.92 Å². The number of rotatable bonds is 5. The molecule has 7 nitrogen and oxygen atoms in total. The minimum atomic E-state index is -0.530. The first-order valence-electron chi connectivity index (χ1n) is 6.59. The summed E-state index contributed by atoms with van der Waals surface area (Å²) >= 11 is 0. The number of aromatic nitrogens is 2. The van der Waals surface area contributed by atoms with Gasteiger partial charge in [-0.3, -0.25) is 0 Å². The average molecular weight is 280 g/mol. The molecule has 0 saturated carbocycles. The lowest BCUT2D eigenvalue weighted by molar-refractivity contribution is 0.249. The Morgan fingerprint density at radius 2 is 1.80 bits per heavy atom. The van der Waals surface area contributed by atoms with Gasteiger partial charge >= 0.3 is 6.03 Å². The molecule has 20 heavy (non-hydrogen) atoms. The fraction of sp³-hybridized carbons (Fsp3) is 0.615. The summed E-state index contributed by atoms with van der Waals surface area (Å²) < 4.78 is 0. The monoisotopic (exact) mass is 280 g/mol. The predicted molar refractivity (Wildman–Crippen MR) is 81.1 cm³/mol. The molecule has 0 radical (unpaired) electrons. The van der Waals surface area contributed by atoms with Crippen molar-refractivity contribution in [2.24, 2.45) is 5.73 Å². The van der Waals surface area contributed by atoms with Gasteiger partial charge in [0.1, 0.15) is 17.5 Å². The number of carbonyl (C=O) groups excluding carboxylic acids is 1. The summed E-state index contributed by atoms with van der Waals surface area (Å²) in [5, 5.41) is 8.80. The van der Waals surface area contributed by atoms with Crippen molar-refractivity contribution < 1.29 is 4.79 Å². The predicted octanol–water partition coefficient (Wildman–Crippen LogP) is 1.20. The Hall–Kier alpha value is -2.05. The van der Waals surface area contributed by atoms with Crippen molar-refractivity contribution in [1.82, 2.24) is 15.3 Å². The molecule has 7 heteroatoms. The molecule has 0 bridgehead atoms. The number of anilines is 2. The third-order valence-electron chi connectivity index (χ3n) is 2.77. The van der Waals surface area contributed by atoms with Crippen LogP contribution in [0.2, 0.25) is 0 Å². The van der Waals surface area contributed by atoms with Gasteiger partial charge in [-0.25, -0.2) is 14.8 Å². The molecule has 1 aromatic heterocycles. The van der Waals surface area contributed by atoms with E-state index in [0.29, 0.717) is 13.1 Å². The van der Waals surface area contributed by atoms with E-state index in [9.17, 15) is 4.79 Å². The van der Waals surface area contributed by atoms with Crippen LogP contribution in [0.25, 0.3) is 0 Å². The summed E-state index contributed by atoms with van der Waals surface area (Å²) in [7, 11) is 1.83. The van der Waals surface area contributed by atoms with Crippen LogP contribution < -0.4 is 21.7 Å². The molecule has 1 rings (SSSR count). The number of urea groups is 1. The Labute approximate surface area is 119 Å². The molecule has 1 heterocycles. The molecule has 0 fully saturated rings. The third-order valence-corrected chi connectivity index (χ3v) is 2.77. The van der Waals surface area contributed by atoms with E-state index < -0.39 is 6.03 Å². The highest BCUT2D eigenvalue weighted by atomic mass is 16.2. The topological polar surface area (TPSA) is 105 Å². The highest BCUT2D eigenvalue weighted by Crippen LogP contribution is 2.25. The van der Waals surface area contributed by atoms with Crippen LogP contribution in [-0.2, 0) is 5.41 Å². The van der Waals surface area contributed by atoms with E-state index in [1.165, 1.54) is 0 Å². The zero-order valence-corrected chi connectivity index (χ0v) is 12.8. The Kier molecular flexibility index (Phi) is 5.12. The average Bonchev–Trinajstić information content (AvgIpc) is 2.34. The van der Waals surface area contributed by atoms with Gasteiger partial charge in [0.05, 0.1) is 0 Å². The molecule has 5 N–H and O–H groups in total. The first kappa shape index (κ1) is 16.0. The van der Waals surface area contributed by atoms with Gasteiger partial charge in [-0.05, 0) is 6.92 Å². The van der Waals surface area contributed by atoms with Gasteiger partial charge < -0.3 is 21.7 Å². The molecule has 0 spiro atoms. The molecule has 2 amide bonds. The molecule has 0 aliphatic rings. The minimum Gasteiger partial charge on any atom is -0.373 e. The van der Waals surface area contributed by atoms with Crippen LogP contribution in [0.15, 0.2) is 0 Å². The molecule has 0 atom stereocenters. The number of nitrogens with zero attached hydrogens (tertiary/aromatic N) is 2. The van der Waals surface area contributed by atoms with E-state index in [1.54, 1.807) is 0 Å². The Balaban J connectivity index is 2.91. The minimum absolute atomic E-state index is 0.138. The van der Waals surface area contributed by atoms with Crippen molar-refractivity contribution in [2.45, 2.75) is 33.1 Å². The smallest absolute Gasteiger partial charge is 0.312 e. The largest absolute Gasteiger partial charge is 0.373 e. The van der Waals surface area contributed by atoms with Gasteiger partial charge in [-0.2, -0.15) is 0 Å². The summed E-state index contributed by atoms with van der Waals surface area (Å²) in [4.78, 5) is 19.7. The van der Waals surface area contributed by atoms with Gasteiger partial charge in [0.15, 0.2) is 0 Å². The summed E-state index contributed by atoms with van der Waals surface area (Å²) in [6.45, 7) is 9.13. The van der Waals surface area contributed by atoms with Gasteiger partial charge in [0.25, 0.3) is 0 Å². The van der Waals surface area contributed by atoms with Crippen molar-refractivity contribution >= 4 is 17.7 Å². The molecule has 0 aliphatic heterocycles. The number of amides is 2. The fourth-order valence-electron chi connectivity index (χ4n) is 1.63. The molecule has 1 aromatic rings. The Bertz CT molecular complexity index is 480. The van der Waals surface area contributed by atoms with Crippen molar-refractivity contribution in [3.05, 3.63) is 11.4 Å². The van der Waals surface area contributed by atoms with Crippen LogP contribution in [-0.4, -0.2) is 36.1 Å². The summed E-state index contributed by atoms with van der Waals surface area (Å²) in [5.74, 6) is 2.33. The second-order valence-corrected chi connectivity index (χ2v) is 5.59. The SMILES string of the molecule is CNc1nc(C(C)(C)C)nc(NCCNC(N)=O)c1C. The van der Waals surface area contributed by atoms with Crippen molar-refractivity contribution in [3.8, 4) is 0 Å². The van der Waals surface area contributed by atoms with E-state index in [1.807, 2.05) is 14.0 Å². The van der Waals surface area contributed by atoms with Gasteiger partial charge in [0.2, 0.25) is 0 Å². The number of hydrogen-bond donors (Lipinski definition) is 4. The first-order chi connectivity index (χ1) is 9.25. The normalized spacial score (nSPS) is 11.1. The maximum absolute atomic E-state index is 10.6. The van der Waals surface area contributed by atoms with Crippen molar-refractivity contribution in [2.75, 3.05) is 30.8 Å². The quantitative estimate of drug-likeness (QED) is 0.607. The molecular formula is C13H24N6O. The number of nitrogens with one attached hydrogen (secondary N) is 3. The molecule has 0 saturated heterocycles. The van der Waals surface area contributed by atoms with E-state index >= 15 is 0 Å². The highest BCUT2D eigenvalue weighted by molar-refractivity contribution is 5.71. The summed E-state index contributed by atoms with van der Waals surface area (Å²) in [5.41, 5.74) is 5.82. The van der Waals surface area contributed by atoms with E-state index in [2.05, 4.69) is 46.7 Å². The fourth-order valence-corrected chi connectivity index (χ4v) is 1.63. The Morgan fingerprint density at radius 1 is 1.20 bits per heavy atom. The van der Waals surface area contributed by atoms with Crippen LogP contribution in [0.4, 0.5) is 16.4 Å². The van der Waals surface area contributed by atoms with Crippen LogP contribution >= 0.6 is 0 Å². The van der Waals surface area contributed by atoms with Crippen LogP contribution in [0.3, 0.4) is 0 Å². The molecule has 112 valence electrons. The highest BCUT2D eigenvalue weighted by Gasteiger charge is 2.20. The zero-order valence-electron chi connectivity index (χ0n) is 12.8. The molecule has 0 unspecified atom stereocenters. The van der Waals surface area contributed by atoms with Crippen LogP contribution in [0.5, 0.6) is 0 Å². The second-order valence-electron chi connectivity index (χ2n) is 5.59. The summed E-state index contributed by atoms with van der Waals surface area (Å²) in [6, 6.07) is -0.530. The first-order valence-corrected chi connectivity index (χ1v) is 6.59. The lowest BCUT2D eigenvalue weighted by Gasteiger charge is -2.20. The molecule has 0 aliphatic carbocycles. The Morgan fingerprint density at radius 3 is 2.30 bits per heavy atom. The van der Waals surface area contributed by atoms with Gasteiger partial charge in [-0.1, -0.05) is 20.8 Å². The zero-order chi connectivity index (χ0) is 15.3. The van der Waals surface area contributed by atoms with Gasteiger partial charge in [-0.15, -0.1) is 0 Å². The number of primary amides is 1. The second kappa shape index (κ2) is 6.40. The number of nitrogens with two attached hydrogens (primary N) is 1. The maximum atomic E-state index is 10.6. The van der Waals surface area contributed by atoms with E-state index in [-0.39, 0.29) is 5.41 Å². The van der Waals surface area contributed by atoms with E-state index in [4.69, 9.17) is 5.73 Å². The third kappa shape index (κ3) is 4.25. The lowest BCUT2D eigenvalue weighted by Crippen LogP contribution is -2.33. The van der Waals surface area contributed by atoms with Crippen molar-refractivity contribution in [1.29, 1.82) is 0 Å². The van der Waals surface area contributed by atoms with Gasteiger partial charge in [0, 0.05) is 31.1 Å². The number of carbonyl (C=O) groups is 1. The molecule has 0 aromatic carbocycles. The van der Waals surface area contributed by atoms with Crippen molar-refractivity contribution in [3.63, 3.8) is 0 Å². The maximum Gasteiger partial charge on any atom is 0.312 e. The summed E-state index contributed by atoms with van der Waals surface area (Å²) in [6.07, 6.45) is 0. The lowest BCUT2D eigenvalue weighted by atomic mass is 9.95. The van der Waals surface area contributed by atoms with E-state index in [0.717, 1.165) is 23.0 Å². The number of hydrogen-bond acceptors (Lipinski definition) is 5. The molecular weight excluding hydrogens is 256 g/mol. The van der Waals surface area contributed by atoms with Crippen LogP contribution in [0.1, 0.15) is 32.2 Å². The standard InChI is InChI=1S/C13H24N6O/c1-8-9(15-5)18-11(13(2,3)4)19-10(8)16-6-7-17-12(14)20/h6-7H2,1-5H3,(H3,14,17,20)(H2,15,16,18,19).